The zero-order valence-corrected chi connectivity index (χ0v) is 9.63. The minimum absolute atomic E-state index is 0.186. The maximum Gasteiger partial charge on any atom is 0.335 e. The van der Waals surface area contributed by atoms with Crippen molar-refractivity contribution in [3.63, 3.8) is 0 Å². The standard InChI is InChI=1S/C12H21NO2/c1-2-3-10-12(14)15-13-11-8-6-4-5-7-9-11/h2-10H2,1H3. The highest BCUT2D eigenvalue weighted by Gasteiger charge is 2.07. The van der Waals surface area contributed by atoms with Crippen LogP contribution >= 0.6 is 0 Å². The van der Waals surface area contributed by atoms with Crippen molar-refractivity contribution in [3.05, 3.63) is 0 Å². The fourth-order valence-electron chi connectivity index (χ4n) is 1.71. The molecule has 3 nitrogen and oxygen atoms in total. The molecule has 1 fully saturated rings. The van der Waals surface area contributed by atoms with Crippen molar-refractivity contribution in [1.29, 1.82) is 0 Å². The van der Waals surface area contributed by atoms with Crippen LogP contribution in [0.25, 0.3) is 0 Å². The average Bonchev–Trinajstić information content (AvgIpc) is 2.51. The predicted molar refractivity (Wildman–Crippen MR) is 60.8 cm³/mol. The molecular weight excluding hydrogens is 190 g/mol. The van der Waals surface area contributed by atoms with E-state index in [2.05, 4.69) is 12.1 Å². The van der Waals surface area contributed by atoms with Crippen molar-refractivity contribution in [2.45, 2.75) is 64.7 Å². The van der Waals surface area contributed by atoms with Gasteiger partial charge >= 0.3 is 5.97 Å². The molecule has 86 valence electrons. The molecule has 0 aromatic heterocycles. The summed E-state index contributed by atoms with van der Waals surface area (Å²) >= 11 is 0. The maximum absolute atomic E-state index is 11.2. The Balaban J connectivity index is 2.25. The van der Waals surface area contributed by atoms with Crippen molar-refractivity contribution < 1.29 is 9.63 Å². The summed E-state index contributed by atoms with van der Waals surface area (Å²) in [5, 5.41) is 3.96. The molecule has 1 saturated carbocycles. The van der Waals surface area contributed by atoms with E-state index in [4.69, 9.17) is 4.84 Å². The van der Waals surface area contributed by atoms with Crippen LogP contribution in [-0.4, -0.2) is 11.7 Å². The molecule has 1 rings (SSSR count). The van der Waals surface area contributed by atoms with Gasteiger partial charge in [-0.3, -0.25) is 0 Å². The third-order valence-electron chi connectivity index (χ3n) is 2.69. The van der Waals surface area contributed by atoms with Gasteiger partial charge in [0.2, 0.25) is 0 Å². The smallest absolute Gasteiger partial charge is 0.318 e. The van der Waals surface area contributed by atoms with E-state index < -0.39 is 0 Å². The molecule has 0 aliphatic heterocycles. The molecule has 0 radical (unpaired) electrons. The molecule has 0 bridgehead atoms. The minimum Gasteiger partial charge on any atom is -0.318 e. The molecule has 1 aliphatic rings. The number of hydrogen-bond donors (Lipinski definition) is 0. The first-order valence-electron chi connectivity index (χ1n) is 6.08. The lowest BCUT2D eigenvalue weighted by Gasteiger charge is -2.01. The fraction of sp³-hybridized carbons (Fsp3) is 0.833. The second-order valence-electron chi connectivity index (χ2n) is 4.14. The third-order valence-corrected chi connectivity index (χ3v) is 2.69. The number of nitrogens with zero attached hydrogens (tertiary/aromatic N) is 1. The summed E-state index contributed by atoms with van der Waals surface area (Å²) in [5.41, 5.74) is 1.07. The summed E-state index contributed by atoms with van der Waals surface area (Å²) in [4.78, 5) is 16.1. The molecule has 15 heavy (non-hydrogen) atoms. The number of hydrogen-bond acceptors (Lipinski definition) is 3. The molecule has 0 spiro atoms. The van der Waals surface area contributed by atoms with E-state index in [1.807, 2.05) is 0 Å². The van der Waals surface area contributed by atoms with E-state index in [1.165, 1.54) is 25.7 Å². The van der Waals surface area contributed by atoms with Gasteiger partial charge in [0.05, 0.1) is 5.71 Å². The minimum atomic E-state index is -0.186. The van der Waals surface area contributed by atoms with Gasteiger partial charge in [-0.05, 0) is 32.1 Å². The summed E-state index contributed by atoms with van der Waals surface area (Å²) in [6.07, 6.45) is 9.34. The first kappa shape index (κ1) is 12.2. The fourth-order valence-corrected chi connectivity index (χ4v) is 1.71. The van der Waals surface area contributed by atoms with Gasteiger partial charge < -0.3 is 4.84 Å². The molecule has 1 aliphatic carbocycles. The highest BCUT2D eigenvalue weighted by atomic mass is 16.7. The number of rotatable bonds is 4. The van der Waals surface area contributed by atoms with Crippen LogP contribution in [0.2, 0.25) is 0 Å². The van der Waals surface area contributed by atoms with E-state index in [9.17, 15) is 4.79 Å². The summed E-state index contributed by atoms with van der Waals surface area (Å²) in [6, 6.07) is 0. The monoisotopic (exact) mass is 211 g/mol. The van der Waals surface area contributed by atoms with Crippen LogP contribution in [0.15, 0.2) is 5.16 Å². The van der Waals surface area contributed by atoms with Crippen LogP contribution in [0.1, 0.15) is 64.7 Å². The molecule has 0 saturated heterocycles. The van der Waals surface area contributed by atoms with E-state index in [0.29, 0.717) is 6.42 Å². The van der Waals surface area contributed by atoms with Gasteiger partial charge in [-0.2, -0.15) is 0 Å². The Morgan fingerprint density at radius 3 is 2.53 bits per heavy atom. The molecular formula is C12H21NO2. The number of carbonyl (C=O) groups is 1. The van der Waals surface area contributed by atoms with E-state index in [1.54, 1.807) is 0 Å². The Labute approximate surface area is 91.9 Å². The predicted octanol–water partition coefficient (Wildman–Crippen LogP) is 3.43. The Morgan fingerprint density at radius 1 is 1.27 bits per heavy atom. The van der Waals surface area contributed by atoms with Crippen LogP contribution < -0.4 is 0 Å². The van der Waals surface area contributed by atoms with E-state index in [0.717, 1.165) is 31.4 Å². The summed E-state index contributed by atoms with van der Waals surface area (Å²) in [6.45, 7) is 2.06. The van der Waals surface area contributed by atoms with Crippen molar-refractivity contribution >= 4 is 11.7 Å². The van der Waals surface area contributed by atoms with Crippen LogP contribution in [0.4, 0.5) is 0 Å². The van der Waals surface area contributed by atoms with Gasteiger partial charge in [-0.1, -0.05) is 31.3 Å². The lowest BCUT2D eigenvalue weighted by atomic mass is 10.2. The van der Waals surface area contributed by atoms with Gasteiger partial charge in [0.1, 0.15) is 0 Å². The van der Waals surface area contributed by atoms with Crippen molar-refractivity contribution in [2.75, 3.05) is 0 Å². The SMILES string of the molecule is CCCCC(=O)ON=C1CCCCCC1. The summed E-state index contributed by atoms with van der Waals surface area (Å²) < 4.78 is 0. The Hall–Kier alpha value is -0.860. The van der Waals surface area contributed by atoms with Crippen molar-refractivity contribution in [1.82, 2.24) is 0 Å². The lowest BCUT2D eigenvalue weighted by Crippen LogP contribution is -2.03. The van der Waals surface area contributed by atoms with Crippen LogP contribution in [-0.2, 0) is 9.63 Å². The molecule has 0 amide bonds. The third kappa shape index (κ3) is 5.55. The first-order chi connectivity index (χ1) is 7.33. The number of unbranched alkanes of at least 4 members (excludes halogenated alkanes) is 1. The topological polar surface area (TPSA) is 38.7 Å². The number of carbonyl (C=O) groups excluding carboxylic acids is 1. The zero-order chi connectivity index (χ0) is 10.9. The summed E-state index contributed by atoms with van der Waals surface area (Å²) in [7, 11) is 0. The van der Waals surface area contributed by atoms with E-state index in [-0.39, 0.29) is 5.97 Å². The molecule has 0 N–H and O–H groups in total. The highest BCUT2D eigenvalue weighted by Crippen LogP contribution is 2.15. The largest absolute Gasteiger partial charge is 0.335 e. The second kappa shape index (κ2) is 7.43. The Morgan fingerprint density at radius 2 is 1.93 bits per heavy atom. The zero-order valence-electron chi connectivity index (χ0n) is 9.63. The van der Waals surface area contributed by atoms with Crippen molar-refractivity contribution in [2.24, 2.45) is 5.16 Å². The number of oxime groups is 1. The summed E-state index contributed by atoms with van der Waals surface area (Å²) in [5.74, 6) is -0.186. The van der Waals surface area contributed by atoms with Crippen molar-refractivity contribution in [3.8, 4) is 0 Å². The normalized spacial score (nSPS) is 17.0. The average molecular weight is 211 g/mol. The molecule has 0 aromatic carbocycles. The van der Waals surface area contributed by atoms with Gasteiger partial charge in [0, 0.05) is 6.42 Å². The Kier molecular flexibility index (Phi) is 6.05. The van der Waals surface area contributed by atoms with Crippen LogP contribution in [0.3, 0.4) is 0 Å². The molecule has 0 aromatic rings. The maximum atomic E-state index is 11.2. The van der Waals surface area contributed by atoms with Crippen LogP contribution in [0, 0.1) is 0 Å². The van der Waals surface area contributed by atoms with Gasteiger partial charge in [-0.25, -0.2) is 4.79 Å². The van der Waals surface area contributed by atoms with E-state index >= 15 is 0 Å². The quantitative estimate of drug-likeness (QED) is 0.406. The molecule has 3 heteroatoms. The first-order valence-corrected chi connectivity index (χ1v) is 6.08. The molecule has 0 heterocycles. The second-order valence-corrected chi connectivity index (χ2v) is 4.14. The van der Waals surface area contributed by atoms with Gasteiger partial charge in [0.25, 0.3) is 0 Å². The lowest BCUT2D eigenvalue weighted by molar-refractivity contribution is -0.143. The van der Waals surface area contributed by atoms with Gasteiger partial charge in [-0.15, -0.1) is 0 Å². The molecule has 0 unspecified atom stereocenters. The Bertz CT molecular complexity index is 214. The van der Waals surface area contributed by atoms with Gasteiger partial charge in [0.15, 0.2) is 0 Å². The molecule has 0 atom stereocenters. The van der Waals surface area contributed by atoms with Crippen LogP contribution in [0.5, 0.6) is 0 Å². The highest BCUT2D eigenvalue weighted by molar-refractivity contribution is 5.84.